The Morgan fingerprint density at radius 1 is 1.17 bits per heavy atom. The number of fused-ring (bicyclic) bond motifs is 1. The highest BCUT2D eigenvalue weighted by Crippen LogP contribution is 2.26. The largest absolute Gasteiger partial charge is 0.348 e. The fourth-order valence-corrected chi connectivity index (χ4v) is 2.44. The van der Waals surface area contributed by atoms with Crippen LogP contribution in [0.3, 0.4) is 0 Å². The molecule has 3 rings (SSSR count). The topological polar surface area (TPSA) is 28.2 Å². The quantitative estimate of drug-likeness (QED) is 0.891. The molecule has 0 saturated carbocycles. The predicted molar refractivity (Wildman–Crippen MR) is 73.3 cm³/mol. The van der Waals surface area contributed by atoms with Crippen LogP contribution in [0.4, 0.5) is 5.82 Å². The zero-order valence-corrected chi connectivity index (χ0v) is 10.6. The van der Waals surface area contributed by atoms with Gasteiger partial charge in [0.1, 0.15) is 5.82 Å². The molecule has 0 saturated heterocycles. The van der Waals surface area contributed by atoms with Crippen LogP contribution in [0.1, 0.15) is 16.7 Å². The van der Waals surface area contributed by atoms with Crippen molar-refractivity contribution in [1.29, 1.82) is 0 Å². The molecule has 0 amide bonds. The fourth-order valence-electron chi connectivity index (χ4n) is 2.44. The molecule has 3 nitrogen and oxygen atoms in total. The van der Waals surface area contributed by atoms with Gasteiger partial charge in [-0.2, -0.15) is 0 Å². The van der Waals surface area contributed by atoms with Crippen molar-refractivity contribution in [2.75, 3.05) is 11.9 Å². The predicted octanol–water partition coefficient (Wildman–Crippen LogP) is 2.32. The van der Waals surface area contributed by atoms with Gasteiger partial charge in [-0.05, 0) is 35.9 Å². The molecule has 92 valence electrons. The fraction of sp³-hybridized carbons (Fsp3) is 0.267. The summed E-state index contributed by atoms with van der Waals surface area (Å²) in [4.78, 5) is 6.81. The average molecular weight is 239 g/mol. The van der Waals surface area contributed by atoms with Crippen molar-refractivity contribution >= 4 is 5.82 Å². The summed E-state index contributed by atoms with van der Waals surface area (Å²) >= 11 is 0. The highest BCUT2D eigenvalue weighted by molar-refractivity contribution is 5.48. The molecular weight excluding hydrogens is 222 g/mol. The SMILES string of the molecule is CNCc1ccnc(N2Cc3ccccc3C2)c1. The highest BCUT2D eigenvalue weighted by atomic mass is 15.2. The molecule has 0 spiro atoms. The van der Waals surface area contributed by atoms with Crippen molar-refractivity contribution in [3.05, 3.63) is 59.3 Å². The van der Waals surface area contributed by atoms with Crippen LogP contribution >= 0.6 is 0 Å². The first-order valence-electron chi connectivity index (χ1n) is 6.28. The van der Waals surface area contributed by atoms with Crippen molar-refractivity contribution in [3.63, 3.8) is 0 Å². The minimum atomic E-state index is 0.885. The van der Waals surface area contributed by atoms with Gasteiger partial charge in [-0.1, -0.05) is 24.3 Å². The van der Waals surface area contributed by atoms with Crippen LogP contribution < -0.4 is 10.2 Å². The van der Waals surface area contributed by atoms with Gasteiger partial charge in [-0.25, -0.2) is 4.98 Å². The molecule has 2 heterocycles. The zero-order chi connectivity index (χ0) is 12.4. The first-order chi connectivity index (χ1) is 8.86. The minimum Gasteiger partial charge on any atom is -0.348 e. The maximum Gasteiger partial charge on any atom is 0.129 e. The third-order valence-corrected chi connectivity index (χ3v) is 3.36. The molecule has 0 atom stereocenters. The first kappa shape index (κ1) is 11.2. The number of rotatable bonds is 3. The lowest BCUT2D eigenvalue weighted by molar-refractivity contribution is 0.807. The second-order valence-electron chi connectivity index (χ2n) is 4.68. The number of hydrogen-bond donors (Lipinski definition) is 1. The van der Waals surface area contributed by atoms with Crippen LogP contribution in [0.25, 0.3) is 0 Å². The van der Waals surface area contributed by atoms with E-state index in [-0.39, 0.29) is 0 Å². The maximum atomic E-state index is 4.48. The number of hydrogen-bond acceptors (Lipinski definition) is 3. The number of nitrogens with one attached hydrogen (secondary N) is 1. The molecule has 1 N–H and O–H groups in total. The van der Waals surface area contributed by atoms with Gasteiger partial charge < -0.3 is 10.2 Å². The second-order valence-corrected chi connectivity index (χ2v) is 4.68. The summed E-state index contributed by atoms with van der Waals surface area (Å²) in [6.45, 7) is 2.81. The Kier molecular flexibility index (Phi) is 2.99. The van der Waals surface area contributed by atoms with Crippen LogP contribution in [0.15, 0.2) is 42.6 Å². The van der Waals surface area contributed by atoms with E-state index in [1.165, 1.54) is 16.7 Å². The van der Waals surface area contributed by atoms with E-state index in [4.69, 9.17) is 0 Å². The molecular formula is C15H17N3. The molecule has 0 unspecified atom stereocenters. The molecule has 1 aromatic carbocycles. The summed E-state index contributed by atoms with van der Waals surface area (Å²) in [7, 11) is 1.96. The Balaban J connectivity index is 1.83. The van der Waals surface area contributed by atoms with Crippen LogP contribution in [-0.2, 0) is 19.6 Å². The molecule has 1 aliphatic rings. The lowest BCUT2D eigenvalue weighted by Gasteiger charge is -2.17. The Labute approximate surface area is 107 Å². The summed E-state index contributed by atoms with van der Waals surface area (Å²) in [5.74, 6) is 1.07. The van der Waals surface area contributed by atoms with E-state index in [1.54, 1.807) is 0 Å². The monoisotopic (exact) mass is 239 g/mol. The number of aromatic nitrogens is 1. The molecule has 18 heavy (non-hydrogen) atoms. The second kappa shape index (κ2) is 4.78. The molecule has 1 aliphatic heterocycles. The zero-order valence-electron chi connectivity index (χ0n) is 10.6. The van der Waals surface area contributed by atoms with E-state index in [0.29, 0.717) is 0 Å². The normalized spacial score (nSPS) is 13.7. The van der Waals surface area contributed by atoms with E-state index >= 15 is 0 Å². The van der Waals surface area contributed by atoms with Crippen LogP contribution in [0.5, 0.6) is 0 Å². The lowest BCUT2D eigenvalue weighted by atomic mass is 10.1. The Bertz CT molecular complexity index is 526. The van der Waals surface area contributed by atoms with Gasteiger partial charge in [0, 0.05) is 25.8 Å². The summed E-state index contributed by atoms with van der Waals surface area (Å²) in [5.41, 5.74) is 4.11. The summed E-state index contributed by atoms with van der Waals surface area (Å²) < 4.78 is 0. The minimum absolute atomic E-state index is 0.885. The first-order valence-corrected chi connectivity index (χ1v) is 6.28. The van der Waals surface area contributed by atoms with E-state index in [0.717, 1.165) is 25.5 Å². The lowest BCUT2D eigenvalue weighted by Crippen LogP contribution is -2.16. The third-order valence-electron chi connectivity index (χ3n) is 3.36. The Morgan fingerprint density at radius 3 is 2.56 bits per heavy atom. The molecule has 0 fully saturated rings. The van der Waals surface area contributed by atoms with Crippen LogP contribution in [-0.4, -0.2) is 12.0 Å². The van der Waals surface area contributed by atoms with Crippen LogP contribution in [0, 0.1) is 0 Å². The third kappa shape index (κ3) is 2.09. The Hall–Kier alpha value is -1.87. The van der Waals surface area contributed by atoms with Gasteiger partial charge in [0.25, 0.3) is 0 Å². The van der Waals surface area contributed by atoms with Gasteiger partial charge in [0.15, 0.2) is 0 Å². The molecule has 0 aliphatic carbocycles. The number of benzene rings is 1. The summed E-state index contributed by atoms with van der Waals surface area (Å²) in [5, 5.41) is 3.17. The maximum absolute atomic E-state index is 4.48. The smallest absolute Gasteiger partial charge is 0.129 e. The van der Waals surface area contributed by atoms with E-state index in [1.807, 2.05) is 13.2 Å². The van der Waals surface area contributed by atoms with Crippen molar-refractivity contribution in [2.45, 2.75) is 19.6 Å². The Morgan fingerprint density at radius 2 is 1.89 bits per heavy atom. The van der Waals surface area contributed by atoms with Crippen molar-refractivity contribution in [3.8, 4) is 0 Å². The van der Waals surface area contributed by atoms with Crippen LogP contribution in [0.2, 0.25) is 0 Å². The molecule has 0 bridgehead atoms. The summed E-state index contributed by atoms with van der Waals surface area (Å²) in [6, 6.07) is 12.8. The van der Waals surface area contributed by atoms with E-state index in [2.05, 4.69) is 51.6 Å². The van der Waals surface area contributed by atoms with Gasteiger partial charge in [0.05, 0.1) is 0 Å². The highest BCUT2D eigenvalue weighted by Gasteiger charge is 2.19. The number of anilines is 1. The van der Waals surface area contributed by atoms with Crippen molar-refractivity contribution in [2.24, 2.45) is 0 Å². The average Bonchev–Trinajstić information content (AvgIpc) is 2.83. The standard InChI is InChI=1S/C15H17N3/c1-16-9-12-6-7-17-15(8-12)18-10-13-4-2-3-5-14(13)11-18/h2-8,16H,9-11H2,1H3. The van der Waals surface area contributed by atoms with Crippen molar-refractivity contribution in [1.82, 2.24) is 10.3 Å². The summed E-state index contributed by atoms with van der Waals surface area (Å²) in [6.07, 6.45) is 1.89. The number of pyridine rings is 1. The van der Waals surface area contributed by atoms with Gasteiger partial charge >= 0.3 is 0 Å². The van der Waals surface area contributed by atoms with E-state index in [9.17, 15) is 0 Å². The molecule has 2 aromatic rings. The van der Waals surface area contributed by atoms with Crippen molar-refractivity contribution < 1.29 is 0 Å². The van der Waals surface area contributed by atoms with Gasteiger partial charge in [-0.15, -0.1) is 0 Å². The molecule has 1 aromatic heterocycles. The van der Waals surface area contributed by atoms with E-state index < -0.39 is 0 Å². The van der Waals surface area contributed by atoms with Gasteiger partial charge in [0.2, 0.25) is 0 Å². The molecule has 0 radical (unpaired) electrons. The molecule has 3 heteroatoms. The van der Waals surface area contributed by atoms with Gasteiger partial charge in [-0.3, -0.25) is 0 Å². The number of nitrogens with zero attached hydrogens (tertiary/aromatic N) is 2.